The second kappa shape index (κ2) is 14.7. The maximum absolute atomic E-state index is 12.9. The van der Waals surface area contributed by atoms with Crippen LogP contribution >= 0.6 is 0 Å². The van der Waals surface area contributed by atoms with E-state index in [4.69, 9.17) is 11.5 Å². The van der Waals surface area contributed by atoms with Crippen molar-refractivity contribution in [1.82, 2.24) is 25.9 Å². The van der Waals surface area contributed by atoms with Crippen molar-refractivity contribution in [2.45, 2.75) is 70.1 Å². The standard InChI is InChI=1S/C21H35N7O7/c1-11(2)17(23)20(33)27-14(8-16(29)30)19(32)26-13(5-3-4-6-22)18(31)28-15(21(34)35)7-12-9-24-10-25-12/h9-11,13-15,17H,3-8,22-23H2,1-2H3,(H,24,25)(H,26,32)(H,27,33)(H,28,31)(H,29,30)(H,34,35). The van der Waals surface area contributed by atoms with Crippen LogP contribution in [0, 0.1) is 5.92 Å². The lowest BCUT2D eigenvalue weighted by Gasteiger charge is -2.25. The van der Waals surface area contributed by atoms with Gasteiger partial charge in [-0.15, -0.1) is 0 Å². The molecule has 10 N–H and O–H groups in total. The fourth-order valence-corrected chi connectivity index (χ4v) is 3.08. The number of carbonyl (C=O) groups excluding carboxylic acids is 3. The first kappa shape index (κ1) is 29.5. The number of aromatic nitrogens is 2. The third-order valence-electron chi connectivity index (χ3n) is 5.21. The molecule has 1 aromatic heterocycles. The van der Waals surface area contributed by atoms with Gasteiger partial charge in [0.25, 0.3) is 0 Å². The number of carbonyl (C=O) groups is 5. The topological polar surface area (TPSA) is 243 Å². The van der Waals surface area contributed by atoms with E-state index in [1.807, 2.05) is 0 Å². The highest BCUT2D eigenvalue weighted by Crippen LogP contribution is 2.06. The molecule has 0 bridgehead atoms. The summed E-state index contributed by atoms with van der Waals surface area (Å²) in [6.45, 7) is 3.72. The van der Waals surface area contributed by atoms with Crippen LogP contribution in [-0.2, 0) is 30.4 Å². The van der Waals surface area contributed by atoms with Crippen LogP contribution in [-0.4, -0.2) is 80.6 Å². The van der Waals surface area contributed by atoms with Gasteiger partial charge in [0.15, 0.2) is 0 Å². The zero-order valence-corrected chi connectivity index (χ0v) is 19.8. The number of nitrogens with zero attached hydrogens (tertiary/aromatic N) is 1. The van der Waals surface area contributed by atoms with Crippen LogP contribution in [0.15, 0.2) is 12.5 Å². The summed E-state index contributed by atoms with van der Waals surface area (Å²) >= 11 is 0. The minimum Gasteiger partial charge on any atom is -0.481 e. The normalized spacial score (nSPS) is 14.4. The minimum absolute atomic E-state index is 0.0741. The number of nitrogens with one attached hydrogen (secondary N) is 4. The lowest BCUT2D eigenvalue weighted by molar-refractivity contribution is -0.143. The third kappa shape index (κ3) is 10.5. The Morgan fingerprint density at radius 1 is 0.971 bits per heavy atom. The first-order chi connectivity index (χ1) is 16.5. The molecule has 0 aliphatic heterocycles. The van der Waals surface area contributed by atoms with Gasteiger partial charge in [-0.2, -0.15) is 0 Å². The maximum atomic E-state index is 12.9. The van der Waals surface area contributed by atoms with Gasteiger partial charge < -0.3 is 42.6 Å². The molecule has 4 atom stereocenters. The molecule has 4 unspecified atom stereocenters. The zero-order chi connectivity index (χ0) is 26.5. The molecule has 14 nitrogen and oxygen atoms in total. The number of H-pyrrole nitrogens is 1. The number of amides is 3. The van der Waals surface area contributed by atoms with Gasteiger partial charge in [0.1, 0.15) is 18.1 Å². The number of aromatic amines is 1. The van der Waals surface area contributed by atoms with Crippen LogP contribution in [0.1, 0.15) is 45.2 Å². The van der Waals surface area contributed by atoms with Gasteiger partial charge >= 0.3 is 11.9 Å². The van der Waals surface area contributed by atoms with E-state index in [0.717, 1.165) is 0 Å². The van der Waals surface area contributed by atoms with E-state index < -0.39 is 60.2 Å². The second-order valence-corrected chi connectivity index (χ2v) is 8.45. The number of carboxylic acid groups (broad SMARTS) is 2. The van der Waals surface area contributed by atoms with Crippen molar-refractivity contribution in [3.05, 3.63) is 18.2 Å². The molecule has 0 spiro atoms. The Labute approximate surface area is 202 Å². The van der Waals surface area contributed by atoms with E-state index >= 15 is 0 Å². The van der Waals surface area contributed by atoms with Crippen molar-refractivity contribution in [3.63, 3.8) is 0 Å². The molecule has 0 saturated heterocycles. The van der Waals surface area contributed by atoms with Crippen LogP contribution in [0.5, 0.6) is 0 Å². The molecular weight excluding hydrogens is 462 g/mol. The molecule has 1 heterocycles. The number of aliphatic carboxylic acids is 2. The number of unbranched alkanes of at least 4 members (excludes halogenated alkanes) is 1. The Kier molecular flexibility index (Phi) is 12.4. The van der Waals surface area contributed by atoms with Crippen LogP contribution in [0.25, 0.3) is 0 Å². The van der Waals surface area contributed by atoms with E-state index in [-0.39, 0.29) is 18.8 Å². The molecule has 1 rings (SSSR count). The highest BCUT2D eigenvalue weighted by Gasteiger charge is 2.31. The number of hydrogen-bond donors (Lipinski definition) is 8. The number of nitrogens with two attached hydrogens (primary N) is 2. The largest absolute Gasteiger partial charge is 0.481 e. The van der Waals surface area contributed by atoms with Crippen molar-refractivity contribution >= 4 is 29.7 Å². The van der Waals surface area contributed by atoms with Gasteiger partial charge in [-0.1, -0.05) is 13.8 Å². The van der Waals surface area contributed by atoms with Crippen molar-refractivity contribution in [3.8, 4) is 0 Å². The Morgan fingerprint density at radius 2 is 1.57 bits per heavy atom. The summed E-state index contributed by atoms with van der Waals surface area (Å²) < 4.78 is 0. The Hall–Kier alpha value is -3.52. The van der Waals surface area contributed by atoms with E-state index in [2.05, 4.69) is 25.9 Å². The molecule has 0 saturated carbocycles. The molecule has 0 aliphatic rings. The fraction of sp³-hybridized carbons (Fsp3) is 0.619. The highest BCUT2D eigenvalue weighted by molar-refractivity contribution is 5.95. The summed E-state index contributed by atoms with van der Waals surface area (Å²) in [5.74, 6) is -5.30. The summed E-state index contributed by atoms with van der Waals surface area (Å²) in [6.07, 6.45) is 3.06. The zero-order valence-electron chi connectivity index (χ0n) is 19.8. The number of carboxylic acids is 2. The van der Waals surface area contributed by atoms with Gasteiger partial charge in [-0.3, -0.25) is 19.2 Å². The molecule has 3 amide bonds. The van der Waals surface area contributed by atoms with Crippen LogP contribution in [0.2, 0.25) is 0 Å². The predicted molar refractivity (Wildman–Crippen MR) is 124 cm³/mol. The smallest absolute Gasteiger partial charge is 0.326 e. The summed E-state index contributed by atoms with van der Waals surface area (Å²) in [4.78, 5) is 67.6. The lowest BCUT2D eigenvalue weighted by Crippen LogP contribution is -2.58. The predicted octanol–water partition coefficient (Wildman–Crippen LogP) is -1.92. The Morgan fingerprint density at radius 3 is 2.09 bits per heavy atom. The lowest BCUT2D eigenvalue weighted by atomic mass is 10.0. The van der Waals surface area contributed by atoms with E-state index in [1.165, 1.54) is 12.5 Å². The molecule has 35 heavy (non-hydrogen) atoms. The summed E-state index contributed by atoms with van der Waals surface area (Å²) in [5, 5.41) is 25.8. The van der Waals surface area contributed by atoms with Gasteiger partial charge in [0.05, 0.1) is 18.8 Å². The maximum Gasteiger partial charge on any atom is 0.326 e. The van der Waals surface area contributed by atoms with Gasteiger partial charge in [0.2, 0.25) is 17.7 Å². The van der Waals surface area contributed by atoms with Gasteiger partial charge in [-0.25, -0.2) is 9.78 Å². The monoisotopic (exact) mass is 497 g/mol. The second-order valence-electron chi connectivity index (χ2n) is 8.45. The Balaban J connectivity index is 3.00. The fourth-order valence-electron chi connectivity index (χ4n) is 3.08. The van der Waals surface area contributed by atoms with Crippen LogP contribution < -0.4 is 27.4 Å². The van der Waals surface area contributed by atoms with Crippen molar-refractivity contribution in [1.29, 1.82) is 0 Å². The molecule has 196 valence electrons. The first-order valence-corrected chi connectivity index (χ1v) is 11.2. The van der Waals surface area contributed by atoms with Crippen LogP contribution in [0.3, 0.4) is 0 Å². The summed E-state index contributed by atoms with van der Waals surface area (Å²) in [5.41, 5.74) is 11.8. The third-order valence-corrected chi connectivity index (χ3v) is 5.21. The molecule has 0 radical (unpaired) electrons. The number of imidazole rings is 1. The van der Waals surface area contributed by atoms with Gasteiger partial charge in [0, 0.05) is 18.3 Å². The molecule has 0 aromatic carbocycles. The molecule has 1 aromatic rings. The quantitative estimate of drug-likeness (QED) is 0.118. The SMILES string of the molecule is CC(C)C(N)C(=O)NC(CC(=O)O)C(=O)NC(CCCCN)C(=O)NC(Cc1cnc[nH]1)C(=O)O. The minimum atomic E-state index is -1.49. The summed E-state index contributed by atoms with van der Waals surface area (Å²) in [6, 6.07) is -4.96. The number of hydrogen-bond acceptors (Lipinski definition) is 8. The number of rotatable bonds is 16. The highest BCUT2D eigenvalue weighted by atomic mass is 16.4. The molecule has 0 aliphatic carbocycles. The average Bonchev–Trinajstić information content (AvgIpc) is 3.29. The average molecular weight is 498 g/mol. The van der Waals surface area contributed by atoms with Gasteiger partial charge in [-0.05, 0) is 31.7 Å². The molecule has 0 fully saturated rings. The van der Waals surface area contributed by atoms with E-state index in [1.54, 1.807) is 13.8 Å². The van der Waals surface area contributed by atoms with E-state index in [9.17, 15) is 34.2 Å². The summed E-state index contributed by atoms with van der Waals surface area (Å²) in [7, 11) is 0. The van der Waals surface area contributed by atoms with Crippen molar-refractivity contribution < 1.29 is 34.2 Å². The van der Waals surface area contributed by atoms with Crippen molar-refractivity contribution in [2.75, 3.05) is 6.54 Å². The van der Waals surface area contributed by atoms with Crippen LogP contribution in [0.4, 0.5) is 0 Å². The van der Waals surface area contributed by atoms with Crippen molar-refractivity contribution in [2.24, 2.45) is 17.4 Å². The van der Waals surface area contributed by atoms with E-state index in [0.29, 0.717) is 25.1 Å². The Bertz CT molecular complexity index is 860. The molecule has 14 heteroatoms. The molecular formula is C21H35N7O7. The first-order valence-electron chi connectivity index (χ1n) is 11.2.